The molecule has 2 heterocycles. The number of rotatable bonds is 4. The zero-order chi connectivity index (χ0) is 19.9. The van der Waals surface area contributed by atoms with Crippen molar-refractivity contribution in [3.63, 3.8) is 0 Å². The van der Waals surface area contributed by atoms with Crippen molar-refractivity contribution in [2.45, 2.75) is 12.6 Å². The molecular weight excluding hydrogens is 381 g/mol. The number of carbonyl (C=O) groups excluding carboxylic acids is 1. The van der Waals surface area contributed by atoms with Gasteiger partial charge in [-0.05, 0) is 42.4 Å². The molecule has 3 aromatic rings. The van der Waals surface area contributed by atoms with E-state index in [4.69, 9.17) is 17.3 Å². The van der Waals surface area contributed by atoms with Gasteiger partial charge in [0.1, 0.15) is 0 Å². The van der Waals surface area contributed by atoms with Crippen molar-refractivity contribution in [3.8, 4) is 5.69 Å². The molecule has 9 heteroatoms. The van der Waals surface area contributed by atoms with Crippen LogP contribution in [0, 0.1) is 0 Å². The van der Waals surface area contributed by atoms with E-state index in [2.05, 4.69) is 10.1 Å². The van der Waals surface area contributed by atoms with Crippen LogP contribution in [0.2, 0.25) is 0 Å². The number of nitrogens with two attached hydrogens (primary N) is 1. The Morgan fingerprint density at radius 1 is 1.11 bits per heavy atom. The molecule has 0 saturated carbocycles. The van der Waals surface area contributed by atoms with E-state index in [0.717, 1.165) is 18.3 Å². The molecule has 3 rings (SSSR count). The van der Waals surface area contributed by atoms with Crippen LogP contribution in [-0.4, -0.2) is 26.6 Å². The number of pyridine rings is 1. The first-order chi connectivity index (χ1) is 12.8. The van der Waals surface area contributed by atoms with Crippen LogP contribution in [0.25, 0.3) is 5.69 Å². The summed E-state index contributed by atoms with van der Waals surface area (Å²) in [4.78, 5) is 15.1. The summed E-state index contributed by atoms with van der Waals surface area (Å²) in [7, 11) is 0. The number of nitrogens with zero attached hydrogens (tertiary/aromatic N) is 3. The zero-order valence-corrected chi connectivity index (χ0v) is 14.8. The van der Waals surface area contributed by atoms with Gasteiger partial charge in [-0.2, -0.15) is 18.3 Å². The van der Waals surface area contributed by atoms with Crippen LogP contribution in [0.4, 0.5) is 13.2 Å². The van der Waals surface area contributed by atoms with Crippen molar-refractivity contribution < 1.29 is 18.0 Å². The Kier molecular flexibility index (Phi) is 7.09. The Balaban J connectivity index is 0.000000244. The van der Waals surface area contributed by atoms with Gasteiger partial charge in [0.15, 0.2) is 5.69 Å². The maximum atomic E-state index is 12.9. The summed E-state index contributed by atoms with van der Waals surface area (Å²) in [6.07, 6.45) is -1.25. The molecule has 2 N–H and O–H groups in total. The van der Waals surface area contributed by atoms with Crippen LogP contribution in [0.15, 0.2) is 60.9 Å². The number of carbonyl (C=O) groups is 1. The zero-order valence-electron chi connectivity index (χ0n) is 14.0. The highest BCUT2D eigenvalue weighted by Crippen LogP contribution is 2.34. The summed E-state index contributed by atoms with van der Waals surface area (Å²) >= 11 is 5.12. The standard InChI is InChI=1S/C11H6ClF3N2O.C7H10N2/c12-10(18)8-6-16-17(9(8)11(13,14)15)7-4-2-1-3-5-7;8-5-4-7-3-1-2-6-9-7/h1-6H;1-3,6H,4-5,8H2. The van der Waals surface area contributed by atoms with Crippen LogP contribution in [0.5, 0.6) is 0 Å². The van der Waals surface area contributed by atoms with E-state index in [9.17, 15) is 18.0 Å². The van der Waals surface area contributed by atoms with Crippen LogP contribution in [0.1, 0.15) is 21.7 Å². The fourth-order valence-corrected chi connectivity index (χ4v) is 2.36. The average molecular weight is 397 g/mol. The summed E-state index contributed by atoms with van der Waals surface area (Å²) in [6.45, 7) is 0.678. The van der Waals surface area contributed by atoms with Crippen molar-refractivity contribution in [2.75, 3.05) is 6.54 Å². The van der Waals surface area contributed by atoms with Gasteiger partial charge in [0.2, 0.25) is 0 Å². The molecule has 0 fully saturated rings. The number of hydrogen-bond donors (Lipinski definition) is 1. The minimum absolute atomic E-state index is 0.203. The first kappa shape index (κ1) is 20.6. The molecule has 0 bridgehead atoms. The molecule has 0 unspecified atom stereocenters. The Morgan fingerprint density at radius 2 is 1.78 bits per heavy atom. The van der Waals surface area contributed by atoms with E-state index < -0.39 is 22.7 Å². The van der Waals surface area contributed by atoms with Gasteiger partial charge in [0.25, 0.3) is 5.24 Å². The van der Waals surface area contributed by atoms with Crippen LogP contribution >= 0.6 is 11.6 Å². The largest absolute Gasteiger partial charge is 0.434 e. The van der Waals surface area contributed by atoms with E-state index in [-0.39, 0.29) is 5.69 Å². The van der Waals surface area contributed by atoms with Crippen LogP contribution in [-0.2, 0) is 12.6 Å². The molecule has 0 aliphatic heterocycles. The molecule has 2 aromatic heterocycles. The van der Waals surface area contributed by atoms with E-state index in [0.29, 0.717) is 11.2 Å². The maximum absolute atomic E-state index is 12.9. The molecule has 0 aliphatic rings. The SMILES string of the molecule is NCCc1ccccn1.O=C(Cl)c1cnn(-c2ccccc2)c1C(F)(F)F. The molecule has 0 amide bonds. The molecule has 0 radical (unpaired) electrons. The van der Waals surface area contributed by atoms with Crippen LogP contribution < -0.4 is 5.73 Å². The number of para-hydroxylation sites is 1. The summed E-state index contributed by atoms with van der Waals surface area (Å²) in [6, 6.07) is 13.5. The molecule has 142 valence electrons. The number of alkyl halides is 3. The molecule has 27 heavy (non-hydrogen) atoms. The van der Waals surface area contributed by atoms with Crippen molar-refractivity contribution in [3.05, 3.63) is 77.9 Å². The van der Waals surface area contributed by atoms with Gasteiger partial charge < -0.3 is 5.73 Å². The number of halogens is 4. The third kappa shape index (κ3) is 5.63. The molecule has 0 spiro atoms. The number of hydrogen-bond acceptors (Lipinski definition) is 4. The van der Waals surface area contributed by atoms with E-state index in [1.165, 1.54) is 12.1 Å². The third-order valence-electron chi connectivity index (χ3n) is 3.38. The highest BCUT2D eigenvalue weighted by Gasteiger charge is 2.40. The second kappa shape index (κ2) is 9.29. The lowest BCUT2D eigenvalue weighted by atomic mass is 10.2. The lowest BCUT2D eigenvalue weighted by Crippen LogP contribution is -2.16. The smallest absolute Gasteiger partial charge is 0.330 e. The van der Waals surface area contributed by atoms with E-state index >= 15 is 0 Å². The monoisotopic (exact) mass is 396 g/mol. The first-order valence-electron chi connectivity index (χ1n) is 7.85. The fourth-order valence-electron chi connectivity index (χ4n) is 2.22. The van der Waals surface area contributed by atoms with Crippen molar-refractivity contribution in [1.29, 1.82) is 0 Å². The minimum Gasteiger partial charge on any atom is -0.330 e. The topological polar surface area (TPSA) is 73.8 Å². The third-order valence-corrected chi connectivity index (χ3v) is 3.58. The summed E-state index contributed by atoms with van der Waals surface area (Å²) in [5.41, 5.74) is 4.76. The van der Waals surface area contributed by atoms with Gasteiger partial charge in [0, 0.05) is 18.3 Å². The normalized spacial score (nSPS) is 10.9. The quantitative estimate of drug-likeness (QED) is 0.680. The summed E-state index contributed by atoms with van der Waals surface area (Å²) < 4.78 is 39.4. The van der Waals surface area contributed by atoms with E-state index in [1.54, 1.807) is 24.4 Å². The van der Waals surface area contributed by atoms with Crippen molar-refractivity contribution >= 4 is 16.8 Å². The Hall–Kier alpha value is -2.71. The lowest BCUT2D eigenvalue weighted by molar-refractivity contribution is -0.143. The minimum atomic E-state index is -4.72. The molecule has 0 atom stereocenters. The van der Waals surface area contributed by atoms with E-state index in [1.807, 2.05) is 18.2 Å². The van der Waals surface area contributed by atoms with Crippen molar-refractivity contribution in [1.82, 2.24) is 14.8 Å². The molecule has 5 nitrogen and oxygen atoms in total. The van der Waals surface area contributed by atoms with Gasteiger partial charge in [-0.15, -0.1) is 0 Å². The Morgan fingerprint density at radius 3 is 2.30 bits per heavy atom. The lowest BCUT2D eigenvalue weighted by Gasteiger charge is -2.11. The van der Waals surface area contributed by atoms with Gasteiger partial charge >= 0.3 is 6.18 Å². The summed E-state index contributed by atoms with van der Waals surface area (Å²) in [5.74, 6) is 0. The maximum Gasteiger partial charge on any atom is 0.434 e. The van der Waals surface area contributed by atoms with Gasteiger partial charge in [-0.3, -0.25) is 9.78 Å². The number of aromatic nitrogens is 3. The fraction of sp³-hybridized carbons (Fsp3) is 0.167. The second-order valence-electron chi connectivity index (χ2n) is 5.29. The predicted octanol–water partition coefficient (Wildman–Crippen LogP) is 3.85. The second-order valence-corrected chi connectivity index (χ2v) is 5.63. The van der Waals surface area contributed by atoms with Crippen molar-refractivity contribution in [2.24, 2.45) is 5.73 Å². The summed E-state index contributed by atoms with van der Waals surface area (Å²) in [5, 5.41) is 2.38. The molecule has 0 aliphatic carbocycles. The van der Waals surface area contributed by atoms with Gasteiger partial charge in [-0.1, -0.05) is 24.3 Å². The average Bonchev–Trinajstić information content (AvgIpc) is 3.10. The molecule has 1 aromatic carbocycles. The molecular formula is C18H16ClF3N4O. The Labute approximate surface area is 158 Å². The van der Waals surface area contributed by atoms with Gasteiger partial charge in [-0.25, -0.2) is 4.68 Å². The Bertz CT molecular complexity index is 867. The molecule has 0 saturated heterocycles. The van der Waals surface area contributed by atoms with Crippen LogP contribution in [0.3, 0.4) is 0 Å². The highest BCUT2D eigenvalue weighted by molar-refractivity contribution is 6.67. The first-order valence-corrected chi connectivity index (χ1v) is 8.23. The van der Waals surface area contributed by atoms with Gasteiger partial charge in [0.05, 0.1) is 17.4 Å². The highest BCUT2D eigenvalue weighted by atomic mass is 35.5. The number of benzene rings is 1. The predicted molar refractivity (Wildman–Crippen MR) is 95.7 cm³/mol.